The molecule has 8 heteroatoms. The molecule has 3 nitrogen and oxygen atoms in total. The van der Waals surface area contributed by atoms with Crippen molar-refractivity contribution in [3.8, 4) is 0 Å². The van der Waals surface area contributed by atoms with Gasteiger partial charge >= 0.3 is 6.18 Å². The number of rotatable bonds is 2. The van der Waals surface area contributed by atoms with Crippen molar-refractivity contribution in [3.05, 3.63) is 30.1 Å². The molecule has 2 aromatic heterocycles. The first-order chi connectivity index (χ1) is 7.95. The van der Waals surface area contributed by atoms with Gasteiger partial charge in [-0.1, -0.05) is 11.3 Å². The molecule has 90 valence electrons. The normalized spacial score (nSPS) is 11.7. The van der Waals surface area contributed by atoms with Crippen molar-refractivity contribution in [2.75, 3.05) is 5.73 Å². The summed E-state index contributed by atoms with van der Waals surface area (Å²) in [5.74, 6) is 0. The third-order valence-corrected chi connectivity index (χ3v) is 3.61. The van der Waals surface area contributed by atoms with Crippen molar-refractivity contribution in [1.82, 2.24) is 9.97 Å². The molecule has 0 unspecified atom stereocenters. The number of hydrogen-bond acceptors (Lipinski definition) is 5. The second kappa shape index (κ2) is 4.53. The van der Waals surface area contributed by atoms with Crippen LogP contribution in [0.15, 0.2) is 33.9 Å². The Morgan fingerprint density at radius 1 is 1.18 bits per heavy atom. The number of thiazole rings is 1. The molecule has 0 fully saturated rings. The fraction of sp³-hybridized carbons (Fsp3) is 0.111. The second-order valence-electron chi connectivity index (χ2n) is 3.01. The second-order valence-corrected chi connectivity index (χ2v) is 5.34. The van der Waals surface area contributed by atoms with Gasteiger partial charge in [0.2, 0.25) is 0 Å². The van der Waals surface area contributed by atoms with Crippen molar-refractivity contribution in [1.29, 1.82) is 0 Å². The van der Waals surface area contributed by atoms with E-state index in [1.165, 1.54) is 35.4 Å². The van der Waals surface area contributed by atoms with Crippen LogP contribution in [-0.2, 0) is 6.18 Å². The van der Waals surface area contributed by atoms with E-state index in [-0.39, 0.29) is 0 Å². The molecule has 0 spiro atoms. The standard InChI is InChI=1S/C9H6F3N3S2/c10-9(11,12)5-1-2-7(14-3-5)17-8-15-4-6(13)16-8/h1-4H,13H2. The molecule has 0 atom stereocenters. The van der Waals surface area contributed by atoms with Crippen LogP contribution >= 0.6 is 23.1 Å². The predicted octanol–water partition coefficient (Wildman–Crippen LogP) is 3.29. The zero-order valence-electron chi connectivity index (χ0n) is 8.23. The summed E-state index contributed by atoms with van der Waals surface area (Å²) in [4.78, 5) is 7.70. The highest BCUT2D eigenvalue weighted by atomic mass is 32.2. The van der Waals surface area contributed by atoms with E-state index in [2.05, 4.69) is 9.97 Å². The van der Waals surface area contributed by atoms with Crippen LogP contribution in [0.2, 0.25) is 0 Å². The first-order valence-electron chi connectivity index (χ1n) is 4.37. The number of nitrogen functional groups attached to an aromatic ring is 1. The highest BCUT2D eigenvalue weighted by Gasteiger charge is 2.30. The van der Waals surface area contributed by atoms with E-state index < -0.39 is 11.7 Å². The van der Waals surface area contributed by atoms with E-state index in [0.717, 1.165) is 12.3 Å². The average Bonchev–Trinajstić information content (AvgIpc) is 2.63. The van der Waals surface area contributed by atoms with Crippen molar-refractivity contribution < 1.29 is 13.2 Å². The van der Waals surface area contributed by atoms with Gasteiger partial charge in [-0.3, -0.25) is 0 Å². The number of halogens is 3. The number of anilines is 1. The zero-order valence-corrected chi connectivity index (χ0v) is 9.86. The molecule has 0 aliphatic carbocycles. The summed E-state index contributed by atoms with van der Waals surface area (Å²) in [5, 5.41) is 1.01. The lowest BCUT2D eigenvalue weighted by atomic mass is 10.3. The molecule has 17 heavy (non-hydrogen) atoms. The van der Waals surface area contributed by atoms with Gasteiger partial charge in [-0.05, 0) is 23.9 Å². The molecule has 0 aliphatic rings. The Labute approximate surface area is 103 Å². The summed E-state index contributed by atoms with van der Waals surface area (Å²) >= 11 is 2.44. The lowest BCUT2D eigenvalue weighted by Gasteiger charge is -2.05. The fourth-order valence-electron chi connectivity index (χ4n) is 1.01. The molecular formula is C9H6F3N3S2. The van der Waals surface area contributed by atoms with Gasteiger partial charge in [0.05, 0.1) is 11.8 Å². The van der Waals surface area contributed by atoms with E-state index in [9.17, 15) is 13.2 Å². The SMILES string of the molecule is Nc1cnc(Sc2ccc(C(F)(F)F)cn2)s1. The summed E-state index contributed by atoms with van der Waals surface area (Å²) in [6.07, 6.45) is -2.06. The number of nitrogens with zero attached hydrogens (tertiary/aromatic N) is 2. The van der Waals surface area contributed by atoms with Crippen molar-refractivity contribution in [2.45, 2.75) is 15.5 Å². The van der Waals surface area contributed by atoms with E-state index in [1.807, 2.05) is 0 Å². The summed E-state index contributed by atoms with van der Waals surface area (Å²) < 4.78 is 37.5. The fourth-order valence-corrected chi connectivity index (χ4v) is 2.66. The van der Waals surface area contributed by atoms with Crippen LogP contribution in [0.3, 0.4) is 0 Å². The van der Waals surface area contributed by atoms with Crippen molar-refractivity contribution >= 4 is 28.1 Å². The first kappa shape index (κ1) is 12.2. The maximum Gasteiger partial charge on any atom is 0.417 e. The quantitative estimate of drug-likeness (QED) is 0.915. The van der Waals surface area contributed by atoms with Crippen LogP contribution in [0.25, 0.3) is 0 Å². The number of nitrogens with two attached hydrogens (primary N) is 1. The van der Waals surface area contributed by atoms with Crippen LogP contribution in [0.1, 0.15) is 5.56 Å². The maximum atomic E-state index is 12.3. The molecule has 0 amide bonds. The van der Waals surface area contributed by atoms with Gasteiger partial charge in [-0.15, -0.1) is 0 Å². The minimum absolute atomic E-state index is 0.451. The number of aromatic nitrogens is 2. The first-order valence-corrected chi connectivity index (χ1v) is 6.01. The van der Waals surface area contributed by atoms with Gasteiger partial charge in [0.1, 0.15) is 10.0 Å². The molecule has 2 rings (SSSR count). The smallest absolute Gasteiger partial charge is 0.389 e. The van der Waals surface area contributed by atoms with Crippen LogP contribution in [0.5, 0.6) is 0 Å². The molecular weight excluding hydrogens is 271 g/mol. The molecule has 2 heterocycles. The molecule has 0 bridgehead atoms. The monoisotopic (exact) mass is 277 g/mol. The largest absolute Gasteiger partial charge is 0.417 e. The minimum Gasteiger partial charge on any atom is -0.389 e. The lowest BCUT2D eigenvalue weighted by Crippen LogP contribution is -2.04. The van der Waals surface area contributed by atoms with E-state index in [4.69, 9.17) is 5.73 Å². The van der Waals surface area contributed by atoms with Crippen molar-refractivity contribution in [2.24, 2.45) is 0 Å². The van der Waals surface area contributed by atoms with E-state index in [0.29, 0.717) is 14.4 Å². The van der Waals surface area contributed by atoms with Crippen molar-refractivity contribution in [3.63, 3.8) is 0 Å². The van der Waals surface area contributed by atoms with Gasteiger partial charge in [0, 0.05) is 6.20 Å². The molecule has 2 N–H and O–H groups in total. The third kappa shape index (κ3) is 3.10. The van der Waals surface area contributed by atoms with Crippen LogP contribution < -0.4 is 5.73 Å². The predicted molar refractivity (Wildman–Crippen MR) is 59.9 cm³/mol. The lowest BCUT2D eigenvalue weighted by molar-refractivity contribution is -0.137. The third-order valence-electron chi connectivity index (χ3n) is 1.76. The number of alkyl halides is 3. The molecule has 0 aromatic carbocycles. The molecule has 0 saturated carbocycles. The van der Waals surface area contributed by atoms with E-state index in [1.54, 1.807) is 0 Å². The Kier molecular flexibility index (Phi) is 3.25. The van der Waals surface area contributed by atoms with Gasteiger partial charge in [0.15, 0.2) is 4.34 Å². The Morgan fingerprint density at radius 2 is 1.94 bits per heavy atom. The maximum absolute atomic E-state index is 12.3. The molecule has 0 radical (unpaired) electrons. The minimum atomic E-state index is -4.36. The van der Waals surface area contributed by atoms with Crippen LogP contribution in [0.4, 0.5) is 18.2 Å². The zero-order chi connectivity index (χ0) is 12.5. The molecule has 2 aromatic rings. The topological polar surface area (TPSA) is 51.8 Å². The Balaban J connectivity index is 2.13. The van der Waals surface area contributed by atoms with Gasteiger partial charge < -0.3 is 5.73 Å². The Morgan fingerprint density at radius 3 is 2.41 bits per heavy atom. The Hall–Kier alpha value is -1.28. The van der Waals surface area contributed by atoms with Crippen LogP contribution in [-0.4, -0.2) is 9.97 Å². The van der Waals surface area contributed by atoms with Gasteiger partial charge in [0.25, 0.3) is 0 Å². The number of pyridine rings is 1. The molecule has 0 aliphatic heterocycles. The molecule has 0 saturated heterocycles. The summed E-state index contributed by atoms with van der Waals surface area (Å²) in [6.45, 7) is 0. The van der Waals surface area contributed by atoms with Crippen LogP contribution in [0, 0.1) is 0 Å². The summed E-state index contributed by atoms with van der Waals surface area (Å²) in [7, 11) is 0. The number of hydrogen-bond donors (Lipinski definition) is 1. The summed E-state index contributed by atoms with van der Waals surface area (Å²) in [6, 6.07) is 2.30. The highest BCUT2D eigenvalue weighted by molar-refractivity contribution is 8.01. The Bertz CT molecular complexity index is 507. The average molecular weight is 277 g/mol. The van der Waals surface area contributed by atoms with E-state index >= 15 is 0 Å². The van der Waals surface area contributed by atoms with Gasteiger partial charge in [-0.2, -0.15) is 13.2 Å². The highest BCUT2D eigenvalue weighted by Crippen LogP contribution is 2.33. The van der Waals surface area contributed by atoms with Gasteiger partial charge in [-0.25, -0.2) is 9.97 Å². The summed E-state index contributed by atoms with van der Waals surface area (Å²) in [5.41, 5.74) is 4.72.